The molecular weight excluding hydrogens is 276 g/mol. The van der Waals surface area contributed by atoms with E-state index in [0.29, 0.717) is 6.04 Å². The van der Waals surface area contributed by atoms with Gasteiger partial charge in [0.2, 0.25) is 0 Å². The second kappa shape index (κ2) is 5.39. The van der Waals surface area contributed by atoms with Gasteiger partial charge in [-0.3, -0.25) is 0 Å². The fourth-order valence-corrected chi connectivity index (χ4v) is 3.95. The highest BCUT2D eigenvalue weighted by molar-refractivity contribution is 5.58. The van der Waals surface area contributed by atoms with E-state index in [9.17, 15) is 0 Å². The minimum Gasteiger partial charge on any atom is -0.497 e. The van der Waals surface area contributed by atoms with E-state index in [1.54, 1.807) is 7.11 Å². The molecule has 2 atom stereocenters. The van der Waals surface area contributed by atoms with Crippen molar-refractivity contribution in [3.63, 3.8) is 0 Å². The maximum atomic E-state index is 5.20. The van der Waals surface area contributed by atoms with Crippen LogP contribution >= 0.6 is 0 Å². The predicted molar refractivity (Wildman–Crippen MR) is 84.9 cm³/mol. The van der Waals surface area contributed by atoms with Crippen LogP contribution in [0.4, 0.5) is 0 Å². The number of methoxy groups -OCH3 is 1. The molecule has 0 N–H and O–H groups in total. The van der Waals surface area contributed by atoms with Crippen molar-refractivity contribution in [3.8, 4) is 17.0 Å². The molecule has 0 aliphatic carbocycles. The molecule has 2 aromatic rings. The molecule has 0 saturated carbocycles. The van der Waals surface area contributed by atoms with Crippen molar-refractivity contribution in [2.24, 2.45) is 0 Å². The van der Waals surface area contributed by atoms with Crippen LogP contribution in [0.2, 0.25) is 0 Å². The van der Waals surface area contributed by atoms with Crippen LogP contribution in [-0.2, 0) is 0 Å². The van der Waals surface area contributed by atoms with Gasteiger partial charge in [-0.1, -0.05) is 5.21 Å². The lowest BCUT2D eigenvalue weighted by Crippen LogP contribution is -2.40. The van der Waals surface area contributed by atoms with Gasteiger partial charge in [0.05, 0.1) is 19.3 Å². The van der Waals surface area contributed by atoms with Crippen molar-refractivity contribution in [2.45, 2.75) is 43.8 Å². The summed E-state index contributed by atoms with van der Waals surface area (Å²) in [5.41, 5.74) is 2.02. The van der Waals surface area contributed by atoms with E-state index in [1.165, 1.54) is 25.7 Å². The molecule has 2 saturated heterocycles. The molecule has 2 unspecified atom stereocenters. The van der Waals surface area contributed by atoms with E-state index in [2.05, 4.69) is 33.1 Å². The molecule has 5 nitrogen and oxygen atoms in total. The first-order chi connectivity index (χ1) is 10.7. The van der Waals surface area contributed by atoms with Crippen LogP contribution in [0.5, 0.6) is 5.75 Å². The first-order valence-electron chi connectivity index (χ1n) is 8.03. The van der Waals surface area contributed by atoms with Gasteiger partial charge in [0, 0.05) is 17.6 Å². The molecule has 2 bridgehead atoms. The summed E-state index contributed by atoms with van der Waals surface area (Å²) in [7, 11) is 3.95. The molecule has 0 spiro atoms. The molecule has 5 heteroatoms. The summed E-state index contributed by atoms with van der Waals surface area (Å²) in [5, 5.41) is 8.76. The molecule has 3 heterocycles. The molecule has 0 radical (unpaired) electrons. The zero-order chi connectivity index (χ0) is 15.1. The van der Waals surface area contributed by atoms with Crippen LogP contribution in [0, 0.1) is 0 Å². The largest absolute Gasteiger partial charge is 0.497 e. The quantitative estimate of drug-likeness (QED) is 0.874. The third-order valence-corrected chi connectivity index (χ3v) is 5.34. The monoisotopic (exact) mass is 298 g/mol. The van der Waals surface area contributed by atoms with E-state index in [1.807, 2.05) is 24.3 Å². The van der Waals surface area contributed by atoms with Crippen LogP contribution in [0.3, 0.4) is 0 Å². The molecule has 2 aliphatic rings. The second-order valence-corrected chi connectivity index (χ2v) is 6.49. The lowest BCUT2D eigenvalue weighted by atomic mass is 9.98. The number of rotatable bonds is 3. The Hall–Kier alpha value is -1.88. The normalized spacial score (nSPS) is 28.0. The minimum atomic E-state index is 0.494. The van der Waals surface area contributed by atoms with E-state index in [4.69, 9.17) is 4.74 Å². The Balaban J connectivity index is 1.54. The van der Waals surface area contributed by atoms with Gasteiger partial charge in [0.1, 0.15) is 11.4 Å². The average Bonchev–Trinajstić information content (AvgIpc) is 3.10. The van der Waals surface area contributed by atoms with E-state index in [0.717, 1.165) is 29.1 Å². The Labute approximate surface area is 130 Å². The van der Waals surface area contributed by atoms with E-state index in [-0.39, 0.29) is 0 Å². The summed E-state index contributed by atoms with van der Waals surface area (Å²) in [6, 6.07) is 9.92. The fourth-order valence-electron chi connectivity index (χ4n) is 3.95. The van der Waals surface area contributed by atoms with Crippen molar-refractivity contribution in [1.29, 1.82) is 0 Å². The highest BCUT2D eigenvalue weighted by atomic mass is 16.5. The smallest absolute Gasteiger partial charge is 0.118 e. The summed E-state index contributed by atoms with van der Waals surface area (Å²) in [6.45, 7) is 0. The Morgan fingerprint density at radius 3 is 2.36 bits per heavy atom. The Kier molecular flexibility index (Phi) is 3.37. The number of aromatic nitrogens is 3. The number of piperidine rings is 1. The zero-order valence-corrected chi connectivity index (χ0v) is 13.1. The van der Waals surface area contributed by atoms with Gasteiger partial charge in [0.15, 0.2) is 0 Å². The van der Waals surface area contributed by atoms with Crippen LogP contribution in [-0.4, -0.2) is 46.1 Å². The van der Waals surface area contributed by atoms with E-state index < -0.39 is 0 Å². The molecular formula is C17H22N4O. The number of ether oxygens (including phenoxy) is 1. The van der Waals surface area contributed by atoms with Crippen molar-refractivity contribution in [3.05, 3.63) is 30.5 Å². The summed E-state index contributed by atoms with van der Waals surface area (Å²) in [5.74, 6) is 0.864. The molecule has 22 heavy (non-hydrogen) atoms. The lowest BCUT2D eigenvalue weighted by molar-refractivity contribution is 0.130. The van der Waals surface area contributed by atoms with Crippen LogP contribution in [0.25, 0.3) is 11.3 Å². The molecule has 116 valence electrons. The molecule has 0 amide bonds. The zero-order valence-electron chi connectivity index (χ0n) is 13.1. The fraction of sp³-hybridized carbons (Fsp3) is 0.529. The molecule has 4 rings (SSSR count). The maximum Gasteiger partial charge on any atom is 0.118 e. The predicted octanol–water partition coefficient (Wildman–Crippen LogP) is 2.75. The van der Waals surface area contributed by atoms with Gasteiger partial charge in [-0.25, -0.2) is 4.68 Å². The molecule has 2 fully saturated rings. The first kappa shape index (κ1) is 13.8. The van der Waals surface area contributed by atoms with Crippen LogP contribution in [0.15, 0.2) is 30.5 Å². The molecule has 1 aromatic heterocycles. The van der Waals surface area contributed by atoms with Gasteiger partial charge in [0.25, 0.3) is 0 Å². The summed E-state index contributed by atoms with van der Waals surface area (Å²) in [4.78, 5) is 2.55. The third-order valence-electron chi connectivity index (χ3n) is 5.34. The number of hydrogen-bond acceptors (Lipinski definition) is 4. The third kappa shape index (κ3) is 2.29. The second-order valence-electron chi connectivity index (χ2n) is 6.49. The maximum absolute atomic E-state index is 5.20. The van der Waals surface area contributed by atoms with Crippen molar-refractivity contribution < 1.29 is 4.74 Å². The standard InChI is InChI=1S/C17H22N4O/c1-20-13-5-6-14(20)10-15(9-13)21-11-17(18-19-21)12-3-7-16(22-2)8-4-12/h3-4,7-8,11,13-15H,5-6,9-10H2,1-2H3. The van der Waals surface area contributed by atoms with Gasteiger partial charge < -0.3 is 9.64 Å². The van der Waals surface area contributed by atoms with Crippen molar-refractivity contribution in [2.75, 3.05) is 14.2 Å². The summed E-state index contributed by atoms with van der Waals surface area (Å²) < 4.78 is 7.28. The number of nitrogens with zero attached hydrogens (tertiary/aromatic N) is 4. The number of hydrogen-bond donors (Lipinski definition) is 0. The Morgan fingerprint density at radius 1 is 1.05 bits per heavy atom. The molecule has 1 aromatic carbocycles. The summed E-state index contributed by atoms with van der Waals surface area (Å²) >= 11 is 0. The highest BCUT2D eigenvalue weighted by Crippen LogP contribution is 2.39. The Bertz CT molecular complexity index is 637. The SMILES string of the molecule is COc1ccc(-c2cn(C3CC4CCC(C3)N4C)nn2)cc1. The number of fused-ring (bicyclic) bond motifs is 2. The first-order valence-corrected chi connectivity index (χ1v) is 8.03. The molecule has 2 aliphatic heterocycles. The van der Waals surface area contributed by atoms with Crippen LogP contribution in [0.1, 0.15) is 31.7 Å². The van der Waals surface area contributed by atoms with Gasteiger partial charge >= 0.3 is 0 Å². The van der Waals surface area contributed by atoms with Gasteiger partial charge in [-0.05, 0) is 57.0 Å². The highest BCUT2D eigenvalue weighted by Gasteiger charge is 2.39. The average molecular weight is 298 g/mol. The van der Waals surface area contributed by atoms with Crippen molar-refractivity contribution >= 4 is 0 Å². The lowest BCUT2D eigenvalue weighted by Gasteiger charge is -2.36. The minimum absolute atomic E-state index is 0.494. The van der Waals surface area contributed by atoms with Crippen LogP contribution < -0.4 is 4.74 Å². The number of benzene rings is 1. The van der Waals surface area contributed by atoms with Crippen molar-refractivity contribution in [1.82, 2.24) is 19.9 Å². The van der Waals surface area contributed by atoms with E-state index >= 15 is 0 Å². The topological polar surface area (TPSA) is 43.2 Å². The summed E-state index contributed by atoms with van der Waals surface area (Å²) in [6.07, 6.45) is 7.14. The van der Waals surface area contributed by atoms with Gasteiger partial charge in [-0.15, -0.1) is 5.10 Å². The van der Waals surface area contributed by atoms with Gasteiger partial charge in [-0.2, -0.15) is 0 Å². The Morgan fingerprint density at radius 2 is 1.73 bits per heavy atom.